The summed E-state index contributed by atoms with van der Waals surface area (Å²) in [5.74, 6) is 0.929. The lowest BCUT2D eigenvalue weighted by Crippen LogP contribution is -2.24. The minimum Gasteiger partial charge on any atom is -0.497 e. The van der Waals surface area contributed by atoms with Crippen LogP contribution in [0.2, 0.25) is 0 Å². The summed E-state index contributed by atoms with van der Waals surface area (Å²) < 4.78 is 5.39. The highest BCUT2D eigenvalue weighted by Gasteiger charge is 2.24. The monoisotopic (exact) mass is 306 g/mol. The molecule has 4 rings (SSSR count). The first-order chi connectivity index (χ1) is 11.3. The van der Waals surface area contributed by atoms with Crippen LogP contribution in [-0.4, -0.2) is 12.1 Å². The highest BCUT2D eigenvalue weighted by molar-refractivity contribution is 5.86. The lowest BCUT2D eigenvalue weighted by atomic mass is 9.91. The number of nitrogens with one attached hydrogen (secondary N) is 2. The van der Waals surface area contributed by atoms with Crippen molar-refractivity contribution in [2.75, 3.05) is 7.11 Å². The van der Waals surface area contributed by atoms with E-state index in [2.05, 4.69) is 52.8 Å². The van der Waals surface area contributed by atoms with Crippen molar-refractivity contribution in [3.63, 3.8) is 0 Å². The van der Waals surface area contributed by atoms with Gasteiger partial charge in [-0.15, -0.1) is 0 Å². The third-order valence-electron chi connectivity index (χ3n) is 4.81. The fourth-order valence-corrected chi connectivity index (χ4v) is 3.61. The first-order valence-electron chi connectivity index (χ1n) is 8.31. The molecule has 0 saturated carbocycles. The fraction of sp³-hybridized carbons (Fsp3) is 0.300. The summed E-state index contributed by atoms with van der Waals surface area (Å²) in [7, 11) is 1.73. The van der Waals surface area contributed by atoms with Gasteiger partial charge in [0.25, 0.3) is 0 Å². The van der Waals surface area contributed by atoms with Gasteiger partial charge in [0.2, 0.25) is 0 Å². The number of hydrogen-bond acceptors (Lipinski definition) is 2. The van der Waals surface area contributed by atoms with E-state index in [0.717, 1.165) is 18.7 Å². The van der Waals surface area contributed by atoms with Gasteiger partial charge in [0.1, 0.15) is 5.75 Å². The molecular weight excluding hydrogens is 284 g/mol. The van der Waals surface area contributed by atoms with Crippen LogP contribution in [0.5, 0.6) is 5.75 Å². The topological polar surface area (TPSA) is 37.0 Å². The van der Waals surface area contributed by atoms with Gasteiger partial charge in [-0.05, 0) is 48.6 Å². The first-order valence-corrected chi connectivity index (χ1v) is 8.31. The maximum atomic E-state index is 5.39. The van der Waals surface area contributed by atoms with Crippen molar-refractivity contribution in [1.82, 2.24) is 10.3 Å². The summed E-state index contributed by atoms with van der Waals surface area (Å²) in [5.41, 5.74) is 5.35. The van der Waals surface area contributed by atoms with Crippen LogP contribution in [0.3, 0.4) is 0 Å². The molecule has 0 saturated heterocycles. The number of benzene rings is 2. The fourth-order valence-electron chi connectivity index (χ4n) is 3.61. The summed E-state index contributed by atoms with van der Waals surface area (Å²) in [6.07, 6.45) is 3.55. The van der Waals surface area contributed by atoms with Gasteiger partial charge in [-0.2, -0.15) is 0 Å². The highest BCUT2D eigenvalue weighted by Crippen LogP contribution is 2.36. The number of fused-ring (bicyclic) bond motifs is 3. The molecule has 1 aromatic heterocycles. The van der Waals surface area contributed by atoms with Crippen molar-refractivity contribution in [2.45, 2.75) is 31.8 Å². The Morgan fingerprint density at radius 2 is 2.04 bits per heavy atom. The first kappa shape index (κ1) is 14.3. The Morgan fingerprint density at radius 1 is 1.17 bits per heavy atom. The normalized spacial score (nSPS) is 17.2. The molecule has 0 radical (unpaired) electrons. The number of methoxy groups -OCH3 is 1. The van der Waals surface area contributed by atoms with E-state index in [1.165, 1.54) is 40.6 Å². The molecule has 3 nitrogen and oxygen atoms in total. The van der Waals surface area contributed by atoms with E-state index in [-0.39, 0.29) is 0 Å². The maximum Gasteiger partial charge on any atom is 0.119 e. The second-order valence-electron chi connectivity index (χ2n) is 6.24. The third-order valence-corrected chi connectivity index (χ3v) is 4.81. The number of aryl methyl sites for hydroxylation is 1. The average Bonchev–Trinajstić information content (AvgIpc) is 2.99. The SMILES string of the molecule is COc1ccc2[nH]c3c(c2c1)CCCC3NCc1ccccc1. The Bertz CT molecular complexity index is 807. The molecule has 0 fully saturated rings. The van der Waals surface area contributed by atoms with E-state index >= 15 is 0 Å². The van der Waals surface area contributed by atoms with Crippen molar-refractivity contribution in [3.05, 3.63) is 65.4 Å². The minimum absolute atomic E-state index is 0.400. The molecule has 1 unspecified atom stereocenters. The van der Waals surface area contributed by atoms with Crippen molar-refractivity contribution in [3.8, 4) is 5.75 Å². The molecule has 3 aromatic rings. The number of ether oxygens (including phenoxy) is 1. The molecule has 2 N–H and O–H groups in total. The Balaban J connectivity index is 1.63. The van der Waals surface area contributed by atoms with Gasteiger partial charge in [0.05, 0.1) is 7.11 Å². The van der Waals surface area contributed by atoms with Gasteiger partial charge in [0, 0.05) is 29.2 Å². The molecule has 1 aliphatic rings. The molecule has 0 amide bonds. The van der Waals surface area contributed by atoms with E-state index in [4.69, 9.17) is 4.74 Å². The van der Waals surface area contributed by atoms with Gasteiger partial charge in [-0.1, -0.05) is 30.3 Å². The summed E-state index contributed by atoms with van der Waals surface area (Å²) in [4.78, 5) is 3.64. The number of aromatic amines is 1. The van der Waals surface area contributed by atoms with Crippen molar-refractivity contribution in [2.24, 2.45) is 0 Å². The zero-order valence-electron chi connectivity index (χ0n) is 13.4. The maximum absolute atomic E-state index is 5.39. The van der Waals surface area contributed by atoms with Gasteiger partial charge >= 0.3 is 0 Å². The van der Waals surface area contributed by atoms with E-state index in [1.807, 2.05) is 6.07 Å². The Labute approximate surface area is 136 Å². The molecular formula is C20H22N2O. The van der Waals surface area contributed by atoms with E-state index in [9.17, 15) is 0 Å². The van der Waals surface area contributed by atoms with Gasteiger partial charge in [0.15, 0.2) is 0 Å². The molecule has 3 heteroatoms. The number of H-pyrrole nitrogens is 1. The third kappa shape index (κ3) is 2.73. The lowest BCUT2D eigenvalue weighted by molar-refractivity contribution is 0.415. The van der Waals surface area contributed by atoms with E-state index in [0.29, 0.717) is 6.04 Å². The van der Waals surface area contributed by atoms with Crippen LogP contribution >= 0.6 is 0 Å². The molecule has 1 atom stereocenters. The van der Waals surface area contributed by atoms with Crippen molar-refractivity contribution in [1.29, 1.82) is 0 Å². The summed E-state index contributed by atoms with van der Waals surface area (Å²) in [6.45, 7) is 0.906. The van der Waals surface area contributed by atoms with Crippen molar-refractivity contribution < 1.29 is 4.74 Å². The van der Waals surface area contributed by atoms with Gasteiger partial charge < -0.3 is 15.0 Å². The average molecular weight is 306 g/mol. The minimum atomic E-state index is 0.400. The Morgan fingerprint density at radius 3 is 2.87 bits per heavy atom. The zero-order valence-corrected chi connectivity index (χ0v) is 13.4. The van der Waals surface area contributed by atoms with Gasteiger partial charge in [-0.3, -0.25) is 0 Å². The molecule has 23 heavy (non-hydrogen) atoms. The molecule has 0 bridgehead atoms. The number of hydrogen-bond donors (Lipinski definition) is 2. The van der Waals surface area contributed by atoms with Crippen LogP contribution in [0.15, 0.2) is 48.5 Å². The largest absolute Gasteiger partial charge is 0.497 e. The summed E-state index contributed by atoms with van der Waals surface area (Å²) in [5, 5.41) is 5.03. The quantitative estimate of drug-likeness (QED) is 0.752. The predicted octanol–water partition coefficient (Wildman–Crippen LogP) is 4.34. The van der Waals surface area contributed by atoms with Crippen LogP contribution in [0.4, 0.5) is 0 Å². The van der Waals surface area contributed by atoms with Crippen LogP contribution in [0.1, 0.15) is 35.7 Å². The highest BCUT2D eigenvalue weighted by atomic mass is 16.5. The summed E-state index contributed by atoms with van der Waals surface area (Å²) >= 11 is 0. The molecule has 1 heterocycles. The smallest absolute Gasteiger partial charge is 0.119 e. The number of aromatic nitrogens is 1. The molecule has 0 aliphatic heterocycles. The number of rotatable bonds is 4. The van der Waals surface area contributed by atoms with E-state index in [1.54, 1.807) is 7.11 Å². The van der Waals surface area contributed by atoms with Gasteiger partial charge in [-0.25, -0.2) is 0 Å². The second-order valence-corrected chi connectivity index (χ2v) is 6.24. The summed E-state index contributed by atoms with van der Waals surface area (Å²) in [6, 6.07) is 17.3. The van der Waals surface area contributed by atoms with Crippen molar-refractivity contribution >= 4 is 10.9 Å². The Hall–Kier alpha value is -2.26. The molecule has 118 valence electrons. The van der Waals surface area contributed by atoms with Crippen LogP contribution < -0.4 is 10.1 Å². The van der Waals surface area contributed by atoms with Crippen LogP contribution in [-0.2, 0) is 13.0 Å². The molecule has 1 aliphatic carbocycles. The Kier molecular flexibility index (Phi) is 3.80. The zero-order chi connectivity index (χ0) is 15.6. The predicted molar refractivity (Wildman–Crippen MR) is 93.8 cm³/mol. The van der Waals surface area contributed by atoms with Crippen LogP contribution in [0, 0.1) is 0 Å². The second kappa shape index (κ2) is 6.09. The van der Waals surface area contributed by atoms with E-state index < -0.39 is 0 Å². The standard InChI is InChI=1S/C20H22N2O/c1-23-15-10-11-18-17(12-15)16-8-5-9-19(20(16)22-18)21-13-14-6-3-2-4-7-14/h2-4,6-7,10-12,19,21-22H,5,8-9,13H2,1H3. The molecule has 0 spiro atoms. The van der Waals surface area contributed by atoms with Crippen LogP contribution in [0.25, 0.3) is 10.9 Å². The molecule has 2 aromatic carbocycles. The lowest BCUT2D eigenvalue weighted by Gasteiger charge is -2.24.